The highest BCUT2D eigenvalue weighted by Gasteiger charge is 2.48. The summed E-state index contributed by atoms with van der Waals surface area (Å²) in [6.45, 7) is 2.01. The Bertz CT molecular complexity index is 787. The average molecular weight is 372 g/mol. The molecule has 144 valence electrons. The second-order valence-electron chi connectivity index (χ2n) is 8.10. The molecular weight excluding hydrogens is 347 g/mol. The Hall–Kier alpha value is -2.02. The summed E-state index contributed by atoms with van der Waals surface area (Å²) in [5.74, 6) is -0.652. The quantitative estimate of drug-likeness (QED) is 0.702. The fourth-order valence-corrected chi connectivity index (χ4v) is 4.79. The maximum Gasteiger partial charge on any atom is 0.255 e. The SMILES string of the molecule is Oc1ccc(C(O)CN2CC3CC(O)(Cc4ccccc4)CC3C2)nc1F. The first-order chi connectivity index (χ1) is 12.9. The molecule has 1 saturated heterocycles. The monoisotopic (exact) mass is 372 g/mol. The van der Waals surface area contributed by atoms with E-state index < -0.39 is 23.4 Å². The molecule has 1 aliphatic heterocycles. The van der Waals surface area contributed by atoms with Crippen LogP contribution >= 0.6 is 0 Å². The molecule has 0 radical (unpaired) electrons. The van der Waals surface area contributed by atoms with E-state index in [1.54, 1.807) is 0 Å². The van der Waals surface area contributed by atoms with Crippen molar-refractivity contribution in [1.29, 1.82) is 0 Å². The van der Waals surface area contributed by atoms with E-state index in [9.17, 15) is 19.7 Å². The minimum absolute atomic E-state index is 0.225. The normalized spacial score (nSPS) is 29.0. The van der Waals surface area contributed by atoms with Crippen LogP contribution in [0.15, 0.2) is 42.5 Å². The number of pyridine rings is 1. The first-order valence-corrected chi connectivity index (χ1v) is 9.44. The van der Waals surface area contributed by atoms with E-state index in [0.717, 1.165) is 31.5 Å². The second kappa shape index (κ2) is 7.19. The van der Waals surface area contributed by atoms with E-state index >= 15 is 0 Å². The van der Waals surface area contributed by atoms with Crippen LogP contribution in [0.25, 0.3) is 0 Å². The van der Waals surface area contributed by atoms with Crippen molar-refractivity contribution in [1.82, 2.24) is 9.88 Å². The van der Waals surface area contributed by atoms with Gasteiger partial charge >= 0.3 is 0 Å². The number of β-amino-alcohol motifs (C(OH)–C–C–N with tert-alkyl or cyclic N) is 1. The van der Waals surface area contributed by atoms with Gasteiger partial charge in [-0.15, -0.1) is 0 Å². The molecule has 27 heavy (non-hydrogen) atoms. The number of rotatable bonds is 5. The summed E-state index contributed by atoms with van der Waals surface area (Å²) in [7, 11) is 0. The molecule has 3 atom stereocenters. The van der Waals surface area contributed by atoms with Crippen molar-refractivity contribution in [3.05, 3.63) is 59.7 Å². The van der Waals surface area contributed by atoms with Crippen LogP contribution in [0, 0.1) is 17.8 Å². The second-order valence-corrected chi connectivity index (χ2v) is 8.10. The molecular formula is C21H25FN2O3. The van der Waals surface area contributed by atoms with Gasteiger partial charge in [0.05, 0.1) is 11.3 Å². The van der Waals surface area contributed by atoms with Gasteiger partial charge in [-0.05, 0) is 42.4 Å². The van der Waals surface area contributed by atoms with Crippen LogP contribution in [0.1, 0.15) is 30.2 Å². The molecule has 0 spiro atoms. The Kier molecular flexibility index (Phi) is 4.88. The van der Waals surface area contributed by atoms with Crippen LogP contribution in [0.2, 0.25) is 0 Å². The van der Waals surface area contributed by atoms with Gasteiger partial charge in [0.25, 0.3) is 5.95 Å². The molecule has 1 saturated carbocycles. The van der Waals surface area contributed by atoms with Gasteiger partial charge in [0.2, 0.25) is 0 Å². The molecule has 0 amide bonds. The van der Waals surface area contributed by atoms with Crippen LogP contribution in [0.4, 0.5) is 4.39 Å². The summed E-state index contributed by atoms with van der Waals surface area (Å²) in [4.78, 5) is 5.78. The Balaban J connectivity index is 1.33. The van der Waals surface area contributed by atoms with Gasteiger partial charge in [0.1, 0.15) is 6.10 Å². The number of aliphatic hydroxyl groups excluding tert-OH is 1. The zero-order valence-electron chi connectivity index (χ0n) is 15.1. The lowest BCUT2D eigenvalue weighted by atomic mass is 9.91. The van der Waals surface area contributed by atoms with Gasteiger partial charge in [-0.1, -0.05) is 30.3 Å². The zero-order valence-corrected chi connectivity index (χ0v) is 15.1. The lowest BCUT2D eigenvalue weighted by Crippen LogP contribution is -2.33. The number of fused-ring (bicyclic) bond motifs is 1. The van der Waals surface area contributed by atoms with E-state index in [1.165, 1.54) is 12.1 Å². The fourth-order valence-electron chi connectivity index (χ4n) is 4.79. The molecule has 4 rings (SSSR count). The first kappa shape index (κ1) is 18.3. The van der Waals surface area contributed by atoms with Gasteiger partial charge in [-0.25, -0.2) is 4.98 Å². The summed E-state index contributed by atoms with van der Waals surface area (Å²) in [6, 6.07) is 12.7. The minimum Gasteiger partial charge on any atom is -0.504 e. The van der Waals surface area contributed by atoms with E-state index in [-0.39, 0.29) is 5.69 Å². The van der Waals surface area contributed by atoms with Gasteiger partial charge in [0, 0.05) is 26.1 Å². The Morgan fingerprint density at radius 3 is 2.41 bits per heavy atom. The number of nitrogens with zero attached hydrogens (tertiary/aromatic N) is 2. The predicted molar refractivity (Wildman–Crippen MR) is 98.6 cm³/mol. The van der Waals surface area contributed by atoms with Crippen LogP contribution in [0.3, 0.4) is 0 Å². The standard InChI is InChI=1S/C21H25FN2O3/c22-20-18(25)7-6-17(23-20)19(26)13-24-11-15-9-21(27,10-16(15)12-24)8-14-4-2-1-3-5-14/h1-7,15-16,19,25-27H,8-13H2. The highest BCUT2D eigenvalue weighted by Crippen LogP contribution is 2.45. The molecule has 6 heteroatoms. The number of aromatic hydroxyl groups is 1. The third-order valence-electron chi connectivity index (χ3n) is 5.94. The van der Waals surface area contributed by atoms with Crippen molar-refractivity contribution >= 4 is 0 Å². The number of aromatic nitrogens is 1. The summed E-state index contributed by atoms with van der Waals surface area (Å²) < 4.78 is 13.4. The van der Waals surface area contributed by atoms with Crippen molar-refractivity contribution in [3.63, 3.8) is 0 Å². The molecule has 2 aliphatic rings. The number of aliphatic hydroxyl groups is 2. The number of likely N-dealkylation sites (tertiary alicyclic amines) is 1. The summed E-state index contributed by atoms with van der Waals surface area (Å²) in [6.07, 6.45) is 1.32. The topological polar surface area (TPSA) is 76.8 Å². The summed E-state index contributed by atoms with van der Waals surface area (Å²) in [5, 5.41) is 30.6. The Morgan fingerprint density at radius 2 is 1.78 bits per heavy atom. The van der Waals surface area contributed by atoms with Gasteiger partial charge in [-0.3, -0.25) is 4.90 Å². The van der Waals surface area contributed by atoms with Crippen LogP contribution in [-0.4, -0.2) is 50.4 Å². The van der Waals surface area contributed by atoms with E-state index in [0.29, 0.717) is 24.8 Å². The summed E-state index contributed by atoms with van der Waals surface area (Å²) in [5.41, 5.74) is 0.735. The van der Waals surface area contributed by atoms with Gasteiger partial charge in [-0.2, -0.15) is 4.39 Å². The third kappa shape index (κ3) is 3.98. The highest BCUT2D eigenvalue weighted by molar-refractivity contribution is 5.21. The molecule has 0 bridgehead atoms. The molecule has 1 aliphatic carbocycles. The zero-order chi connectivity index (χ0) is 19.0. The highest BCUT2D eigenvalue weighted by atomic mass is 19.1. The molecule has 2 heterocycles. The fraction of sp³-hybridized carbons (Fsp3) is 0.476. The van der Waals surface area contributed by atoms with Crippen molar-refractivity contribution in [3.8, 4) is 5.75 Å². The first-order valence-electron chi connectivity index (χ1n) is 9.44. The summed E-state index contributed by atoms with van der Waals surface area (Å²) >= 11 is 0. The Morgan fingerprint density at radius 1 is 1.11 bits per heavy atom. The average Bonchev–Trinajstić information content (AvgIpc) is 3.11. The van der Waals surface area contributed by atoms with E-state index in [1.807, 2.05) is 18.2 Å². The lowest BCUT2D eigenvalue weighted by Gasteiger charge is -2.27. The largest absolute Gasteiger partial charge is 0.504 e. The van der Waals surface area contributed by atoms with E-state index in [4.69, 9.17) is 0 Å². The van der Waals surface area contributed by atoms with Gasteiger partial charge in [0.15, 0.2) is 5.75 Å². The van der Waals surface area contributed by atoms with Gasteiger partial charge < -0.3 is 15.3 Å². The van der Waals surface area contributed by atoms with Crippen LogP contribution in [0.5, 0.6) is 5.75 Å². The number of hydrogen-bond acceptors (Lipinski definition) is 5. The molecule has 2 aromatic rings. The predicted octanol–water partition coefficient (Wildman–Crippen LogP) is 2.28. The van der Waals surface area contributed by atoms with Crippen molar-refractivity contribution < 1.29 is 19.7 Å². The van der Waals surface area contributed by atoms with E-state index in [2.05, 4.69) is 22.0 Å². The maximum atomic E-state index is 13.4. The Labute approximate surface area is 158 Å². The number of hydrogen-bond donors (Lipinski definition) is 3. The van der Waals surface area contributed by atoms with Crippen molar-refractivity contribution in [2.24, 2.45) is 11.8 Å². The molecule has 2 fully saturated rings. The third-order valence-corrected chi connectivity index (χ3v) is 5.94. The smallest absolute Gasteiger partial charge is 0.255 e. The number of benzene rings is 1. The molecule has 5 nitrogen and oxygen atoms in total. The van der Waals surface area contributed by atoms with Crippen LogP contribution < -0.4 is 0 Å². The van der Waals surface area contributed by atoms with Crippen LogP contribution in [-0.2, 0) is 6.42 Å². The van der Waals surface area contributed by atoms with Crippen molar-refractivity contribution in [2.75, 3.05) is 19.6 Å². The van der Waals surface area contributed by atoms with Crippen molar-refractivity contribution in [2.45, 2.75) is 31.0 Å². The molecule has 3 unspecified atom stereocenters. The number of halogens is 1. The molecule has 1 aromatic heterocycles. The minimum atomic E-state index is -0.962. The molecule has 1 aromatic carbocycles. The maximum absolute atomic E-state index is 13.4. The lowest BCUT2D eigenvalue weighted by molar-refractivity contribution is 0.0326. The molecule has 3 N–H and O–H groups in total.